The predicted octanol–water partition coefficient (Wildman–Crippen LogP) is 1.00. The number of hydrogen-bond donors (Lipinski definition) is 3. The molecule has 4 N–H and O–H groups in total. The number of aliphatic hydroxyl groups is 1. The van der Waals surface area contributed by atoms with E-state index in [0.29, 0.717) is 0 Å². The molecule has 0 bridgehead atoms. The summed E-state index contributed by atoms with van der Waals surface area (Å²) in [7, 11) is -4.53. The van der Waals surface area contributed by atoms with Crippen LogP contribution in [0.15, 0.2) is 52.2 Å². The third-order valence-electron chi connectivity index (χ3n) is 5.36. The van der Waals surface area contributed by atoms with Gasteiger partial charge in [0.05, 0.1) is 27.5 Å². The number of rotatable bonds is 10. The summed E-state index contributed by atoms with van der Waals surface area (Å²) in [6.07, 6.45) is -0.133. The van der Waals surface area contributed by atoms with Gasteiger partial charge in [0.15, 0.2) is 11.8 Å². The number of aromatic amines is 1. The summed E-state index contributed by atoms with van der Waals surface area (Å²) in [4.78, 5) is 38.3. The van der Waals surface area contributed by atoms with Gasteiger partial charge in [-0.15, -0.1) is 6.42 Å². The molecule has 1 aliphatic heterocycles. The van der Waals surface area contributed by atoms with Crippen LogP contribution in [0.4, 0.5) is 0 Å². The first-order chi connectivity index (χ1) is 18.1. The molecular formula is C24H30N3O9P. The molecule has 1 unspecified atom stereocenters. The number of hydrogen-bond acceptors (Lipinski definition) is 10. The Morgan fingerprint density at radius 2 is 2.03 bits per heavy atom. The quantitative estimate of drug-likeness (QED) is 0.226. The van der Waals surface area contributed by atoms with Crippen LogP contribution in [-0.2, 0) is 23.4 Å². The van der Waals surface area contributed by atoms with E-state index in [4.69, 9.17) is 33.4 Å². The molecule has 1 aromatic heterocycles. The lowest BCUT2D eigenvalue weighted by Gasteiger charge is -2.27. The molecule has 2 aromatic rings. The van der Waals surface area contributed by atoms with Crippen molar-refractivity contribution in [3.8, 4) is 18.1 Å². The minimum absolute atomic E-state index is 0.0587. The van der Waals surface area contributed by atoms with Crippen LogP contribution in [0.5, 0.6) is 5.75 Å². The topological polar surface area (TPSA) is 172 Å². The Morgan fingerprint density at radius 1 is 1.35 bits per heavy atom. The number of nitrogens with zero attached hydrogens (tertiary/aromatic N) is 1. The molecule has 13 heteroatoms. The summed E-state index contributed by atoms with van der Waals surface area (Å²) in [5.74, 6) is 0.420. The maximum Gasteiger partial charge on any atom is 0.380 e. The number of carbonyl (C=O) groups excluding carboxylic acids is 1. The zero-order valence-corrected chi connectivity index (χ0v) is 21.3. The smallest absolute Gasteiger partial charge is 0.380 e. The van der Waals surface area contributed by atoms with Gasteiger partial charge in [0.2, 0.25) is 0 Å². The zero-order chi connectivity index (χ0) is 29.2. The number of esters is 1. The lowest BCUT2D eigenvalue weighted by Crippen LogP contribution is -2.55. The van der Waals surface area contributed by atoms with Crippen molar-refractivity contribution in [2.75, 3.05) is 12.7 Å². The molecule has 37 heavy (non-hydrogen) atoms. The molecule has 0 aliphatic carbocycles. The van der Waals surface area contributed by atoms with Crippen LogP contribution in [0.1, 0.15) is 29.7 Å². The lowest BCUT2D eigenvalue weighted by molar-refractivity contribution is -0.151. The van der Waals surface area contributed by atoms with Crippen molar-refractivity contribution in [1.82, 2.24) is 9.55 Å². The van der Waals surface area contributed by atoms with Gasteiger partial charge in [0.1, 0.15) is 18.0 Å². The number of aromatic nitrogens is 2. The fourth-order valence-corrected chi connectivity index (χ4v) is 5.22. The molecule has 1 fully saturated rings. The second-order valence-corrected chi connectivity index (χ2v) is 10.7. The first-order valence-electron chi connectivity index (χ1n) is 12.3. The Hall–Kier alpha value is -3.20. The summed E-state index contributed by atoms with van der Waals surface area (Å²) >= 11 is 0. The van der Waals surface area contributed by atoms with Crippen LogP contribution in [-0.4, -0.2) is 57.2 Å². The summed E-state index contributed by atoms with van der Waals surface area (Å²) in [6.45, 7) is 1.58. The van der Waals surface area contributed by atoms with Gasteiger partial charge in [-0.3, -0.25) is 23.7 Å². The van der Waals surface area contributed by atoms with Crippen molar-refractivity contribution in [2.45, 2.75) is 50.8 Å². The number of para-hydroxylation sites is 1. The molecular weight excluding hydrogens is 505 g/mol. The maximum atomic E-state index is 13.9. The van der Waals surface area contributed by atoms with Crippen molar-refractivity contribution >= 4 is 13.6 Å². The summed E-state index contributed by atoms with van der Waals surface area (Å²) < 4.78 is 53.5. The van der Waals surface area contributed by atoms with Crippen molar-refractivity contribution in [1.29, 1.82) is 0 Å². The molecule has 12 nitrogen and oxygen atoms in total. The van der Waals surface area contributed by atoms with E-state index in [1.54, 1.807) is 32.0 Å². The van der Waals surface area contributed by atoms with Crippen LogP contribution in [0, 0.1) is 18.3 Å². The first-order valence-corrected chi connectivity index (χ1v) is 13.0. The molecule has 0 saturated carbocycles. The highest BCUT2D eigenvalue weighted by molar-refractivity contribution is 7.54. The molecule has 200 valence electrons. The standard InChI is InChI=1S/C24H30N3O9P/c1-5-24(25)20(29)18(35-22(24)27-12-11-19(28)26-23(27)31)13-33-37(32,36-17-9-7-6-8-10-17)14-16(4)21(30)34-15(2)3/h1,6-12,15-16,18,20,22,29H,13-14,25H2,2-4H3,(H,26,28,31)/t16-,18-,20+,22-,24?,37+/m1/s1/i13D2. The van der Waals surface area contributed by atoms with Gasteiger partial charge in [-0.25, -0.2) is 9.36 Å². The Balaban J connectivity index is 1.96. The summed E-state index contributed by atoms with van der Waals surface area (Å²) in [5, 5.41) is 11.0. The number of terminal acetylenes is 1. The largest absolute Gasteiger partial charge is 0.463 e. The predicted molar refractivity (Wildman–Crippen MR) is 133 cm³/mol. The lowest BCUT2D eigenvalue weighted by atomic mass is 9.92. The van der Waals surface area contributed by atoms with E-state index in [9.17, 15) is 24.1 Å². The van der Waals surface area contributed by atoms with Crippen molar-refractivity contribution in [3.05, 3.63) is 63.4 Å². The molecule has 0 spiro atoms. The minimum Gasteiger partial charge on any atom is -0.463 e. The van der Waals surface area contributed by atoms with Gasteiger partial charge in [0.25, 0.3) is 5.56 Å². The fraction of sp³-hybridized carbons (Fsp3) is 0.458. The van der Waals surface area contributed by atoms with E-state index in [-0.39, 0.29) is 5.75 Å². The highest BCUT2D eigenvalue weighted by Crippen LogP contribution is 2.51. The van der Waals surface area contributed by atoms with E-state index >= 15 is 0 Å². The van der Waals surface area contributed by atoms with Crippen LogP contribution in [0.2, 0.25) is 0 Å². The van der Waals surface area contributed by atoms with E-state index < -0.39 is 73.5 Å². The molecule has 3 rings (SSSR count). The number of H-pyrrole nitrogens is 1. The molecule has 2 heterocycles. The second-order valence-electron chi connectivity index (χ2n) is 8.74. The Labute approximate surface area is 216 Å². The monoisotopic (exact) mass is 537 g/mol. The van der Waals surface area contributed by atoms with Crippen LogP contribution in [0.3, 0.4) is 0 Å². The number of ether oxygens (including phenoxy) is 2. The normalized spacial score (nSPS) is 26.9. The molecule has 1 aliphatic rings. The van der Waals surface area contributed by atoms with Crippen LogP contribution < -0.4 is 21.5 Å². The summed E-state index contributed by atoms with van der Waals surface area (Å²) in [6, 6.07) is 8.71. The summed E-state index contributed by atoms with van der Waals surface area (Å²) in [5.41, 5.74) is 2.29. The average Bonchev–Trinajstić information content (AvgIpc) is 3.10. The highest BCUT2D eigenvalue weighted by atomic mass is 31.2. The molecule has 0 radical (unpaired) electrons. The van der Waals surface area contributed by atoms with E-state index in [1.165, 1.54) is 19.1 Å². The fourth-order valence-electron chi connectivity index (χ4n) is 3.50. The van der Waals surface area contributed by atoms with Crippen molar-refractivity contribution in [3.63, 3.8) is 0 Å². The SMILES string of the molecule is [2H]C([2H])(O[P@@](=O)(C[C@@H](C)C(=O)OC(C)C)Oc1ccccc1)[C@H]1O[C@@H](n2ccc(=O)[nH]c2=O)C(N)(C#C)[C@H]1O. The van der Waals surface area contributed by atoms with Gasteiger partial charge in [-0.05, 0) is 26.0 Å². The van der Waals surface area contributed by atoms with Gasteiger partial charge in [-0.1, -0.05) is 31.0 Å². The number of benzene rings is 1. The van der Waals surface area contributed by atoms with Crippen LogP contribution >= 0.6 is 7.60 Å². The van der Waals surface area contributed by atoms with E-state index in [2.05, 4.69) is 5.92 Å². The van der Waals surface area contributed by atoms with Gasteiger partial charge >= 0.3 is 19.3 Å². The zero-order valence-electron chi connectivity index (χ0n) is 22.4. The van der Waals surface area contributed by atoms with E-state index in [1.807, 2.05) is 4.98 Å². The number of aliphatic hydroxyl groups excluding tert-OH is 1. The molecule has 6 atom stereocenters. The second kappa shape index (κ2) is 11.5. The number of carbonyl (C=O) groups is 1. The van der Waals surface area contributed by atoms with Gasteiger partial charge < -0.3 is 24.8 Å². The molecule has 1 aromatic carbocycles. The third kappa shape index (κ3) is 6.57. The highest BCUT2D eigenvalue weighted by Gasteiger charge is 2.55. The van der Waals surface area contributed by atoms with Crippen LogP contribution in [0.25, 0.3) is 0 Å². The molecule has 0 amide bonds. The van der Waals surface area contributed by atoms with Gasteiger partial charge in [0, 0.05) is 12.3 Å². The average molecular weight is 538 g/mol. The first kappa shape index (κ1) is 25.4. The number of nitrogens with one attached hydrogen (secondary N) is 1. The van der Waals surface area contributed by atoms with Crippen molar-refractivity contribution in [2.24, 2.45) is 11.7 Å². The number of nitrogens with two attached hydrogens (primary N) is 1. The Bertz CT molecular complexity index is 1390. The van der Waals surface area contributed by atoms with Crippen molar-refractivity contribution < 1.29 is 35.7 Å². The Kier molecular flexibility index (Phi) is 7.88. The maximum absolute atomic E-state index is 13.9. The Morgan fingerprint density at radius 3 is 2.62 bits per heavy atom. The third-order valence-corrected chi connectivity index (χ3v) is 7.23. The minimum atomic E-state index is -4.53. The van der Waals surface area contributed by atoms with E-state index in [0.717, 1.165) is 16.8 Å². The molecule has 1 saturated heterocycles. The van der Waals surface area contributed by atoms with Gasteiger partial charge in [-0.2, -0.15) is 0 Å².